The molecule has 14 heavy (non-hydrogen) atoms. The van der Waals surface area contributed by atoms with Gasteiger partial charge in [0.05, 0.1) is 5.71 Å². The Bertz CT molecular complexity index is 192. The molecule has 1 heterocycles. The lowest BCUT2D eigenvalue weighted by molar-refractivity contribution is -0.0449. The summed E-state index contributed by atoms with van der Waals surface area (Å²) in [7, 11) is 0. The Morgan fingerprint density at radius 1 is 1.21 bits per heavy atom. The van der Waals surface area contributed by atoms with Gasteiger partial charge in [-0.15, -0.1) is 0 Å². The molecule has 0 aromatic heterocycles. The molecule has 1 aliphatic carbocycles. The first-order valence-corrected chi connectivity index (χ1v) is 5.94. The van der Waals surface area contributed by atoms with Crippen molar-refractivity contribution in [2.45, 2.75) is 71.3 Å². The van der Waals surface area contributed by atoms with E-state index in [1.165, 1.54) is 44.2 Å². The molecule has 0 aromatic rings. The lowest BCUT2D eigenvalue weighted by Crippen LogP contribution is -2.31. The van der Waals surface area contributed by atoms with Crippen LogP contribution in [0.1, 0.15) is 65.7 Å². The number of rotatable bonds is 0. The summed E-state index contributed by atoms with van der Waals surface area (Å²) in [6.07, 6.45) is 8.78. The van der Waals surface area contributed by atoms with E-state index in [1.807, 2.05) is 0 Å². The van der Waals surface area contributed by atoms with Crippen LogP contribution >= 0.6 is 0 Å². The molecule has 0 aromatic carbocycles. The van der Waals surface area contributed by atoms with Gasteiger partial charge >= 0.3 is 0 Å². The fourth-order valence-corrected chi connectivity index (χ4v) is 2.17. The third-order valence-corrected chi connectivity index (χ3v) is 2.74. The first kappa shape index (κ1) is 11.5. The molecule has 1 spiro atoms. The molecule has 0 saturated heterocycles. The zero-order valence-electron chi connectivity index (χ0n) is 9.81. The van der Waals surface area contributed by atoms with Gasteiger partial charge in [0.15, 0.2) is 0 Å². The summed E-state index contributed by atoms with van der Waals surface area (Å²) in [6.45, 7) is 6.31. The molecular formula is C12H23NO. The normalized spacial score (nSPS) is 23.5. The number of hydrogen-bond acceptors (Lipinski definition) is 2. The lowest BCUT2D eigenvalue weighted by atomic mass is 9.82. The maximum absolute atomic E-state index is 5.48. The third-order valence-electron chi connectivity index (χ3n) is 2.74. The van der Waals surface area contributed by atoms with Crippen molar-refractivity contribution in [3.63, 3.8) is 0 Å². The molecule has 0 amide bonds. The van der Waals surface area contributed by atoms with Gasteiger partial charge in [0, 0.05) is 6.42 Å². The van der Waals surface area contributed by atoms with Crippen molar-refractivity contribution >= 4 is 5.71 Å². The van der Waals surface area contributed by atoms with Crippen molar-refractivity contribution in [3.8, 4) is 0 Å². The van der Waals surface area contributed by atoms with Gasteiger partial charge in [0.1, 0.15) is 5.60 Å². The molecule has 0 radical (unpaired) electrons. The topological polar surface area (TPSA) is 21.6 Å². The van der Waals surface area contributed by atoms with Gasteiger partial charge in [-0.25, -0.2) is 0 Å². The van der Waals surface area contributed by atoms with Gasteiger partial charge in [-0.3, -0.25) is 0 Å². The zero-order valence-corrected chi connectivity index (χ0v) is 9.81. The van der Waals surface area contributed by atoms with E-state index < -0.39 is 0 Å². The van der Waals surface area contributed by atoms with Crippen LogP contribution in [0.3, 0.4) is 0 Å². The van der Waals surface area contributed by atoms with Crippen molar-refractivity contribution in [1.82, 2.24) is 0 Å². The molecule has 1 aliphatic heterocycles. The Morgan fingerprint density at radius 3 is 2.21 bits per heavy atom. The van der Waals surface area contributed by atoms with E-state index in [9.17, 15) is 0 Å². The third kappa shape index (κ3) is 3.00. The average molecular weight is 197 g/mol. The first-order chi connectivity index (χ1) is 6.72. The average Bonchev–Trinajstić information content (AvgIpc) is 2.50. The summed E-state index contributed by atoms with van der Waals surface area (Å²) in [5, 5.41) is 4.03. The highest BCUT2D eigenvalue weighted by molar-refractivity contribution is 5.83. The number of hydrogen-bond donors (Lipinski definition) is 0. The minimum absolute atomic E-state index is 0.141. The van der Waals surface area contributed by atoms with E-state index in [2.05, 4.69) is 25.9 Å². The van der Waals surface area contributed by atoms with Gasteiger partial charge in [0.2, 0.25) is 0 Å². The quantitative estimate of drug-likeness (QED) is 0.577. The van der Waals surface area contributed by atoms with Crippen LogP contribution < -0.4 is 0 Å². The molecule has 1 saturated carbocycles. The SMILES string of the molecule is CC1=NOC2(CCCCC2)C1.CCC. The van der Waals surface area contributed by atoms with Gasteiger partial charge in [-0.1, -0.05) is 31.8 Å². The Hall–Kier alpha value is -0.530. The molecule has 0 N–H and O–H groups in total. The maximum Gasteiger partial charge on any atom is 0.143 e. The highest BCUT2D eigenvalue weighted by atomic mass is 16.7. The molecular weight excluding hydrogens is 174 g/mol. The molecule has 2 aliphatic rings. The summed E-state index contributed by atoms with van der Waals surface area (Å²) >= 11 is 0. The van der Waals surface area contributed by atoms with Crippen molar-refractivity contribution in [3.05, 3.63) is 0 Å². The zero-order chi connectivity index (χ0) is 10.4. The summed E-state index contributed by atoms with van der Waals surface area (Å²) in [5.74, 6) is 0. The number of nitrogens with zero attached hydrogens (tertiary/aromatic N) is 1. The molecule has 2 heteroatoms. The van der Waals surface area contributed by atoms with E-state index in [0.29, 0.717) is 0 Å². The highest BCUT2D eigenvalue weighted by Crippen LogP contribution is 2.37. The standard InChI is InChI=1S/C9H15NO.C3H8/c1-8-7-9(11-10-8)5-3-2-4-6-9;1-3-2/h2-7H2,1H3;3H2,1-2H3. The fourth-order valence-electron chi connectivity index (χ4n) is 2.17. The minimum Gasteiger partial charge on any atom is -0.389 e. The monoisotopic (exact) mass is 197 g/mol. The molecule has 2 nitrogen and oxygen atoms in total. The smallest absolute Gasteiger partial charge is 0.143 e. The molecule has 0 atom stereocenters. The van der Waals surface area contributed by atoms with Crippen molar-refractivity contribution < 1.29 is 4.84 Å². The van der Waals surface area contributed by atoms with Crippen molar-refractivity contribution in [1.29, 1.82) is 0 Å². The van der Waals surface area contributed by atoms with Gasteiger partial charge < -0.3 is 4.84 Å². The summed E-state index contributed by atoms with van der Waals surface area (Å²) in [6, 6.07) is 0. The van der Waals surface area contributed by atoms with Crippen LogP contribution in [0, 0.1) is 0 Å². The Labute approximate surface area is 87.7 Å². The predicted molar refractivity (Wildman–Crippen MR) is 60.6 cm³/mol. The minimum atomic E-state index is 0.141. The second-order valence-electron chi connectivity index (χ2n) is 4.55. The summed E-state index contributed by atoms with van der Waals surface area (Å²) < 4.78 is 0. The Balaban J connectivity index is 0.000000293. The van der Waals surface area contributed by atoms with Crippen molar-refractivity contribution in [2.75, 3.05) is 0 Å². The van der Waals surface area contributed by atoms with E-state index in [-0.39, 0.29) is 5.60 Å². The van der Waals surface area contributed by atoms with Crippen LogP contribution in [0.15, 0.2) is 5.16 Å². The first-order valence-electron chi connectivity index (χ1n) is 5.94. The largest absolute Gasteiger partial charge is 0.389 e. The van der Waals surface area contributed by atoms with Gasteiger partial charge in [-0.2, -0.15) is 0 Å². The van der Waals surface area contributed by atoms with Crippen LogP contribution in [0.4, 0.5) is 0 Å². The highest BCUT2D eigenvalue weighted by Gasteiger charge is 2.38. The maximum atomic E-state index is 5.48. The van der Waals surface area contributed by atoms with E-state index >= 15 is 0 Å². The van der Waals surface area contributed by atoms with Crippen LogP contribution in [0.25, 0.3) is 0 Å². The second kappa shape index (κ2) is 5.38. The number of oxime groups is 1. The molecule has 1 fully saturated rings. The van der Waals surface area contributed by atoms with E-state index in [0.717, 1.165) is 6.42 Å². The van der Waals surface area contributed by atoms with Crippen LogP contribution in [0.2, 0.25) is 0 Å². The van der Waals surface area contributed by atoms with Crippen LogP contribution in [-0.4, -0.2) is 11.3 Å². The summed E-state index contributed by atoms with van der Waals surface area (Å²) in [4.78, 5) is 5.48. The molecule has 0 bridgehead atoms. The molecule has 82 valence electrons. The van der Waals surface area contributed by atoms with Crippen molar-refractivity contribution in [2.24, 2.45) is 5.16 Å². The van der Waals surface area contributed by atoms with Gasteiger partial charge in [0.25, 0.3) is 0 Å². The van der Waals surface area contributed by atoms with E-state index in [1.54, 1.807) is 0 Å². The van der Waals surface area contributed by atoms with Crippen LogP contribution in [-0.2, 0) is 4.84 Å². The molecule has 2 rings (SSSR count). The van der Waals surface area contributed by atoms with E-state index in [4.69, 9.17) is 4.84 Å². The molecule has 0 unspecified atom stereocenters. The lowest BCUT2D eigenvalue weighted by Gasteiger charge is -2.30. The second-order valence-corrected chi connectivity index (χ2v) is 4.55. The van der Waals surface area contributed by atoms with Gasteiger partial charge in [-0.05, 0) is 32.6 Å². The Kier molecular flexibility index (Phi) is 4.43. The predicted octanol–water partition coefficient (Wildman–Crippen LogP) is 3.90. The Morgan fingerprint density at radius 2 is 1.79 bits per heavy atom. The van der Waals surface area contributed by atoms with Crippen LogP contribution in [0.5, 0.6) is 0 Å². The fraction of sp³-hybridized carbons (Fsp3) is 0.917. The summed E-state index contributed by atoms with van der Waals surface area (Å²) in [5.41, 5.74) is 1.31.